The van der Waals surface area contributed by atoms with Crippen molar-refractivity contribution in [1.82, 2.24) is 5.32 Å². The number of halogens is 4. The summed E-state index contributed by atoms with van der Waals surface area (Å²) in [4.78, 5) is 10.7. The van der Waals surface area contributed by atoms with E-state index in [1.807, 2.05) is 5.32 Å². The Hall–Kier alpha value is -0.460. The van der Waals surface area contributed by atoms with Crippen LogP contribution in [0.4, 0.5) is 17.6 Å². The van der Waals surface area contributed by atoms with Crippen LogP contribution in [-0.4, -0.2) is 35.8 Å². The average molecular weight is 245 g/mol. The maximum absolute atomic E-state index is 12.4. The first-order valence-corrected chi connectivity index (χ1v) is 5.55. The van der Waals surface area contributed by atoms with Gasteiger partial charge in [0.2, 0.25) is 0 Å². The molecule has 0 aromatic carbocycles. The van der Waals surface area contributed by atoms with E-state index in [2.05, 4.69) is 0 Å². The van der Waals surface area contributed by atoms with Gasteiger partial charge < -0.3 is 5.32 Å². The summed E-state index contributed by atoms with van der Waals surface area (Å²) in [6, 6.07) is 0. The predicted octanol–water partition coefficient (Wildman–Crippen LogP) is 1.90. The molecule has 0 bridgehead atoms. The summed E-state index contributed by atoms with van der Waals surface area (Å²) in [7, 11) is 0. The molecule has 7 heteroatoms. The highest BCUT2D eigenvalue weighted by molar-refractivity contribution is 8.00. The molecule has 1 rings (SSSR count). The number of carbonyl (C=O) groups is 1. The first kappa shape index (κ1) is 12.6. The molecule has 1 aliphatic heterocycles. The topological polar surface area (TPSA) is 29.1 Å². The van der Waals surface area contributed by atoms with Crippen molar-refractivity contribution >= 4 is 17.7 Å². The third-order valence-electron chi connectivity index (χ3n) is 2.09. The van der Waals surface area contributed by atoms with Gasteiger partial charge in [-0.05, 0) is 18.6 Å². The van der Waals surface area contributed by atoms with Gasteiger partial charge in [0.25, 0.3) is 5.91 Å². The van der Waals surface area contributed by atoms with Crippen LogP contribution >= 0.6 is 11.8 Å². The molecule has 1 heterocycles. The van der Waals surface area contributed by atoms with Gasteiger partial charge in [-0.15, -0.1) is 0 Å². The Kier molecular flexibility index (Phi) is 4.24. The van der Waals surface area contributed by atoms with Crippen molar-refractivity contribution in [3.63, 3.8) is 0 Å². The van der Waals surface area contributed by atoms with Crippen molar-refractivity contribution in [2.45, 2.75) is 30.4 Å². The molecule has 0 saturated carbocycles. The molecule has 1 N–H and O–H groups in total. The Morgan fingerprint density at radius 2 is 2.20 bits per heavy atom. The standard InChI is InChI=1S/C8H11F4NOS/c9-6(10)8(11,12)7(14)13-4-5-2-1-3-15-5/h5-6H,1-4H2,(H,13,14). The summed E-state index contributed by atoms with van der Waals surface area (Å²) in [6.07, 6.45) is -2.16. The fraction of sp³-hybridized carbons (Fsp3) is 0.875. The van der Waals surface area contributed by atoms with Crippen molar-refractivity contribution in [2.24, 2.45) is 0 Å². The van der Waals surface area contributed by atoms with Gasteiger partial charge in [0, 0.05) is 11.8 Å². The molecular formula is C8H11F4NOS. The van der Waals surface area contributed by atoms with Gasteiger partial charge in [0.05, 0.1) is 0 Å². The van der Waals surface area contributed by atoms with E-state index >= 15 is 0 Å². The summed E-state index contributed by atoms with van der Waals surface area (Å²) in [5.74, 6) is -5.54. The Morgan fingerprint density at radius 1 is 1.53 bits per heavy atom. The fourth-order valence-corrected chi connectivity index (χ4v) is 2.43. The monoisotopic (exact) mass is 245 g/mol. The maximum Gasteiger partial charge on any atom is 0.383 e. The first-order valence-electron chi connectivity index (χ1n) is 4.50. The molecule has 15 heavy (non-hydrogen) atoms. The first-order chi connectivity index (χ1) is 6.94. The van der Waals surface area contributed by atoms with Crippen molar-refractivity contribution < 1.29 is 22.4 Å². The Morgan fingerprint density at radius 3 is 2.67 bits per heavy atom. The van der Waals surface area contributed by atoms with Crippen molar-refractivity contribution in [1.29, 1.82) is 0 Å². The third kappa shape index (κ3) is 3.25. The van der Waals surface area contributed by atoms with Crippen LogP contribution in [0.5, 0.6) is 0 Å². The van der Waals surface area contributed by atoms with Crippen LogP contribution in [0.15, 0.2) is 0 Å². The number of carbonyl (C=O) groups excluding carboxylic acids is 1. The van der Waals surface area contributed by atoms with Crippen LogP contribution in [0.3, 0.4) is 0 Å². The molecule has 0 aromatic heterocycles. The molecule has 0 aliphatic carbocycles. The summed E-state index contributed by atoms with van der Waals surface area (Å²) < 4.78 is 48.4. The second kappa shape index (κ2) is 5.05. The van der Waals surface area contributed by atoms with Crippen molar-refractivity contribution in [2.75, 3.05) is 12.3 Å². The number of hydrogen-bond donors (Lipinski definition) is 1. The summed E-state index contributed by atoms with van der Waals surface area (Å²) >= 11 is 1.56. The lowest BCUT2D eigenvalue weighted by Crippen LogP contribution is -2.46. The number of alkyl halides is 4. The van der Waals surface area contributed by atoms with E-state index in [9.17, 15) is 22.4 Å². The smallest absolute Gasteiger partial charge is 0.350 e. The second-order valence-corrected chi connectivity index (χ2v) is 4.68. The van der Waals surface area contributed by atoms with Crippen LogP contribution in [0.1, 0.15) is 12.8 Å². The highest BCUT2D eigenvalue weighted by Gasteiger charge is 2.48. The minimum atomic E-state index is -4.58. The molecule has 1 saturated heterocycles. The number of rotatable bonds is 4. The molecule has 1 unspecified atom stereocenters. The quantitative estimate of drug-likeness (QED) is 0.766. The van der Waals surface area contributed by atoms with Gasteiger partial charge in [-0.3, -0.25) is 4.79 Å². The normalized spacial score (nSPS) is 22.1. The molecule has 0 radical (unpaired) electrons. The summed E-state index contributed by atoms with van der Waals surface area (Å²) in [6.45, 7) is 0.0335. The molecule has 1 atom stereocenters. The van der Waals surface area contributed by atoms with E-state index in [1.54, 1.807) is 11.8 Å². The zero-order chi connectivity index (χ0) is 11.5. The van der Waals surface area contributed by atoms with E-state index in [0.29, 0.717) is 0 Å². The minimum Gasteiger partial charge on any atom is -0.350 e. The van der Waals surface area contributed by atoms with Gasteiger partial charge in [-0.1, -0.05) is 0 Å². The lowest BCUT2D eigenvalue weighted by atomic mass is 10.2. The van der Waals surface area contributed by atoms with Gasteiger partial charge in [0.15, 0.2) is 0 Å². The summed E-state index contributed by atoms with van der Waals surface area (Å²) in [5.41, 5.74) is 0. The predicted molar refractivity (Wildman–Crippen MR) is 49.4 cm³/mol. The molecule has 0 aromatic rings. The molecule has 88 valence electrons. The van der Waals surface area contributed by atoms with Crippen LogP contribution in [-0.2, 0) is 4.79 Å². The molecule has 1 amide bonds. The Balaban J connectivity index is 2.34. The van der Waals surface area contributed by atoms with Crippen LogP contribution in [0, 0.1) is 0 Å². The number of thioether (sulfide) groups is 1. The molecule has 1 fully saturated rings. The van der Waals surface area contributed by atoms with E-state index in [4.69, 9.17) is 0 Å². The van der Waals surface area contributed by atoms with E-state index in [0.717, 1.165) is 18.6 Å². The minimum absolute atomic E-state index is 0.0335. The van der Waals surface area contributed by atoms with Crippen LogP contribution in [0.25, 0.3) is 0 Å². The van der Waals surface area contributed by atoms with Gasteiger partial charge in [-0.25, -0.2) is 8.78 Å². The van der Waals surface area contributed by atoms with Crippen LogP contribution in [0.2, 0.25) is 0 Å². The third-order valence-corrected chi connectivity index (χ3v) is 3.49. The molecule has 2 nitrogen and oxygen atoms in total. The van der Waals surface area contributed by atoms with Gasteiger partial charge in [-0.2, -0.15) is 20.5 Å². The van der Waals surface area contributed by atoms with Gasteiger partial charge in [0.1, 0.15) is 0 Å². The highest BCUT2D eigenvalue weighted by atomic mass is 32.2. The van der Waals surface area contributed by atoms with Crippen LogP contribution < -0.4 is 5.32 Å². The maximum atomic E-state index is 12.4. The Bertz CT molecular complexity index is 231. The fourth-order valence-electron chi connectivity index (χ4n) is 1.23. The summed E-state index contributed by atoms with van der Waals surface area (Å²) in [5, 5.41) is 1.93. The highest BCUT2D eigenvalue weighted by Crippen LogP contribution is 2.26. The van der Waals surface area contributed by atoms with E-state index < -0.39 is 18.3 Å². The zero-order valence-corrected chi connectivity index (χ0v) is 8.63. The largest absolute Gasteiger partial charge is 0.383 e. The van der Waals surface area contributed by atoms with Crippen molar-refractivity contribution in [3.05, 3.63) is 0 Å². The molecular weight excluding hydrogens is 234 g/mol. The van der Waals surface area contributed by atoms with E-state index in [-0.39, 0.29) is 11.8 Å². The lowest BCUT2D eigenvalue weighted by molar-refractivity contribution is -0.169. The number of hydrogen-bond acceptors (Lipinski definition) is 2. The Labute approximate surface area is 88.8 Å². The SMILES string of the molecule is O=C(NCC1CCCS1)C(F)(F)C(F)F. The van der Waals surface area contributed by atoms with Crippen molar-refractivity contribution in [3.8, 4) is 0 Å². The zero-order valence-electron chi connectivity index (χ0n) is 7.81. The average Bonchev–Trinajstić information content (AvgIpc) is 2.66. The number of amides is 1. The second-order valence-electron chi connectivity index (χ2n) is 3.27. The molecule has 0 spiro atoms. The lowest BCUT2D eigenvalue weighted by Gasteiger charge is -2.16. The molecule has 1 aliphatic rings. The van der Waals surface area contributed by atoms with E-state index in [1.165, 1.54) is 0 Å². The number of nitrogens with one attached hydrogen (secondary N) is 1. The van der Waals surface area contributed by atoms with Gasteiger partial charge >= 0.3 is 12.3 Å².